The van der Waals surface area contributed by atoms with E-state index < -0.39 is 0 Å². The van der Waals surface area contributed by atoms with Crippen LogP contribution in [0.25, 0.3) is 0 Å². The molecule has 3 heteroatoms. The smallest absolute Gasteiger partial charge is 0.315 e. The second-order valence-electron chi connectivity index (χ2n) is 4.50. The monoisotopic (exact) mass is 215 g/mol. The van der Waals surface area contributed by atoms with Crippen LogP contribution in [0.4, 0.5) is 0 Å². The number of allylic oxidation sites excluding steroid dienone is 2. The molecule has 0 spiro atoms. The molecular formula is C13H13NO2. The third-order valence-corrected chi connectivity index (χ3v) is 3.43. The predicted molar refractivity (Wildman–Crippen MR) is 58.7 cm³/mol. The van der Waals surface area contributed by atoms with Crippen molar-refractivity contribution < 1.29 is 9.53 Å². The Hall–Kier alpha value is -1.64. The van der Waals surface area contributed by atoms with Gasteiger partial charge in [0, 0.05) is 6.20 Å². The van der Waals surface area contributed by atoms with E-state index in [1.165, 1.54) is 0 Å². The minimum absolute atomic E-state index is 0.0511. The van der Waals surface area contributed by atoms with Crippen molar-refractivity contribution in [3.8, 4) is 5.75 Å². The highest BCUT2D eigenvalue weighted by Crippen LogP contribution is 2.43. The van der Waals surface area contributed by atoms with Crippen LogP contribution in [0, 0.1) is 17.8 Å². The Morgan fingerprint density at radius 3 is 2.94 bits per heavy atom. The normalized spacial score (nSPS) is 30.6. The largest absolute Gasteiger partial charge is 0.425 e. The first-order valence-corrected chi connectivity index (χ1v) is 5.63. The molecule has 3 rings (SSSR count). The number of carbonyl (C=O) groups excluding carboxylic acids is 1. The quantitative estimate of drug-likeness (QED) is 0.560. The zero-order chi connectivity index (χ0) is 11.0. The molecule has 16 heavy (non-hydrogen) atoms. The number of pyridine rings is 1. The molecule has 3 atom stereocenters. The SMILES string of the molecule is O=C(Oc1cccnc1)C1CC2C=CC1C2. The van der Waals surface area contributed by atoms with Gasteiger partial charge in [0.05, 0.1) is 12.1 Å². The second kappa shape index (κ2) is 3.74. The van der Waals surface area contributed by atoms with Crippen LogP contribution in [0.3, 0.4) is 0 Å². The fourth-order valence-electron chi connectivity index (χ4n) is 2.65. The van der Waals surface area contributed by atoms with E-state index in [4.69, 9.17) is 4.74 Å². The lowest BCUT2D eigenvalue weighted by Crippen LogP contribution is -2.23. The zero-order valence-corrected chi connectivity index (χ0v) is 8.87. The summed E-state index contributed by atoms with van der Waals surface area (Å²) in [5, 5.41) is 0. The van der Waals surface area contributed by atoms with Crippen molar-refractivity contribution in [2.75, 3.05) is 0 Å². The summed E-state index contributed by atoms with van der Waals surface area (Å²) < 4.78 is 5.32. The number of fused-ring (bicyclic) bond motifs is 2. The molecular weight excluding hydrogens is 202 g/mol. The summed E-state index contributed by atoms with van der Waals surface area (Å²) in [7, 11) is 0. The highest BCUT2D eigenvalue weighted by Gasteiger charge is 2.40. The van der Waals surface area contributed by atoms with Crippen LogP contribution in [0.5, 0.6) is 5.75 Å². The third kappa shape index (κ3) is 1.62. The van der Waals surface area contributed by atoms with Gasteiger partial charge in [0.25, 0.3) is 0 Å². The zero-order valence-electron chi connectivity index (χ0n) is 8.87. The Kier molecular flexibility index (Phi) is 2.24. The molecule has 0 radical (unpaired) electrons. The molecule has 3 unspecified atom stereocenters. The van der Waals surface area contributed by atoms with Crippen molar-refractivity contribution in [1.29, 1.82) is 0 Å². The molecule has 0 amide bonds. The molecule has 1 aromatic rings. The van der Waals surface area contributed by atoms with Gasteiger partial charge < -0.3 is 4.74 Å². The average Bonchev–Trinajstić information content (AvgIpc) is 2.92. The van der Waals surface area contributed by atoms with Crippen LogP contribution < -0.4 is 4.74 Å². The molecule has 0 saturated heterocycles. The topological polar surface area (TPSA) is 39.2 Å². The van der Waals surface area contributed by atoms with Crippen LogP contribution in [0.1, 0.15) is 12.8 Å². The summed E-state index contributed by atoms with van der Waals surface area (Å²) in [6, 6.07) is 3.53. The molecule has 1 aromatic heterocycles. The fraction of sp³-hybridized carbons (Fsp3) is 0.385. The van der Waals surface area contributed by atoms with Crippen LogP contribution >= 0.6 is 0 Å². The van der Waals surface area contributed by atoms with E-state index in [0.29, 0.717) is 17.6 Å². The van der Waals surface area contributed by atoms with Gasteiger partial charge in [-0.25, -0.2) is 0 Å². The number of hydrogen-bond acceptors (Lipinski definition) is 3. The summed E-state index contributed by atoms with van der Waals surface area (Å²) >= 11 is 0. The number of aromatic nitrogens is 1. The minimum Gasteiger partial charge on any atom is -0.425 e. The van der Waals surface area contributed by atoms with Crippen LogP contribution in [-0.4, -0.2) is 11.0 Å². The Balaban J connectivity index is 1.69. The lowest BCUT2D eigenvalue weighted by Gasteiger charge is -2.16. The van der Waals surface area contributed by atoms with Gasteiger partial charge in [-0.05, 0) is 36.8 Å². The van der Waals surface area contributed by atoms with E-state index >= 15 is 0 Å². The predicted octanol–water partition coefficient (Wildman–Crippen LogP) is 2.20. The molecule has 2 aliphatic rings. The van der Waals surface area contributed by atoms with E-state index in [9.17, 15) is 4.79 Å². The maximum Gasteiger partial charge on any atom is 0.315 e. The Bertz CT molecular complexity index is 427. The fourth-order valence-corrected chi connectivity index (χ4v) is 2.65. The van der Waals surface area contributed by atoms with Crippen LogP contribution in [0.2, 0.25) is 0 Å². The van der Waals surface area contributed by atoms with Crippen molar-refractivity contribution in [2.45, 2.75) is 12.8 Å². The summed E-state index contributed by atoms with van der Waals surface area (Å²) in [6.07, 6.45) is 9.67. The lowest BCUT2D eigenvalue weighted by atomic mass is 9.94. The first-order chi connectivity index (χ1) is 7.83. The molecule has 0 aliphatic heterocycles. The lowest BCUT2D eigenvalue weighted by molar-refractivity contribution is -0.139. The maximum atomic E-state index is 11.9. The van der Waals surface area contributed by atoms with E-state index in [0.717, 1.165) is 12.8 Å². The number of hydrogen-bond donors (Lipinski definition) is 0. The van der Waals surface area contributed by atoms with Crippen molar-refractivity contribution in [2.24, 2.45) is 17.8 Å². The van der Waals surface area contributed by atoms with Crippen molar-refractivity contribution in [3.63, 3.8) is 0 Å². The van der Waals surface area contributed by atoms with E-state index in [1.807, 2.05) is 0 Å². The van der Waals surface area contributed by atoms with Gasteiger partial charge in [0.2, 0.25) is 0 Å². The Morgan fingerprint density at radius 1 is 1.38 bits per heavy atom. The van der Waals surface area contributed by atoms with Gasteiger partial charge in [-0.1, -0.05) is 12.2 Å². The molecule has 1 saturated carbocycles. The molecule has 1 heterocycles. The van der Waals surface area contributed by atoms with Gasteiger partial charge in [0.15, 0.2) is 0 Å². The van der Waals surface area contributed by atoms with Gasteiger partial charge in [0.1, 0.15) is 5.75 Å². The summed E-state index contributed by atoms with van der Waals surface area (Å²) in [4.78, 5) is 15.8. The summed E-state index contributed by atoms with van der Waals surface area (Å²) in [5.74, 6) is 1.48. The Labute approximate surface area is 94.1 Å². The summed E-state index contributed by atoms with van der Waals surface area (Å²) in [6.45, 7) is 0. The molecule has 0 N–H and O–H groups in total. The second-order valence-corrected chi connectivity index (χ2v) is 4.50. The molecule has 82 valence electrons. The highest BCUT2D eigenvalue weighted by atomic mass is 16.5. The maximum absolute atomic E-state index is 11.9. The number of nitrogens with zero attached hydrogens (tertiary/aromatic N) is 1. The van der Waals surface area contributed by atoms with Gasteiger partial charge in [-0.15, -0.1) is 0 Å². The minimum atomic E-state index is -0.107. The molecule has 0 aromatic carbocycles. The Morgan fingerprint density at radius 2 is 2.31 bits per heavy atom. The average molecular weight is 215 g/mol. The first kappa shape index (κ1) is 9.58. The van der Waals surface area contributed by atoms with Crippen molar-refractivity contribution in [3.05, 3.63) is 36.7 Å². The van der Waals surface area contributed by atoms with Crippen LogP contribution in [0.15, 0.2) is 36.7 Å². The number of esters is 1. The van der Waals surface area contributed by atoms with Gasteiger partial charge >= 0.3 is 5.97 Å². The van der Waals surface area contributed by atoms with Gasteiger partial charge in [-0.3, -0.25) is 9.78 Å². The molecule has 3 nitrogen and oxygen atoms in total. The number of rotatable bonds is 2. The third-order valence-electron chi connectivity index (χ3n) is 3.43. The molecule has 2 bridgehead atoms. The van der Waals surface area contributed by atoms with E-state index in [2.05, 4.69) is 17.1 Å². The van der Waals surface area contributed by atoms with Crippen molar-refractivity contribution >= 4 is 5.97 Å². The number of ether oxygens (including phenoxy) is 1. The van der Waals surface area contributed by atoms with Gasteiger partial charge in [-0.2, -0.15) is 0 Å². The molecule has 2 aliphatic carbocycles. The standard InChI is InChI=1S/C13H13NO2/c15-13(16-11-2-1-5-14-8-11)12-7-9-3-4-10(12)6-9/h1-5,8-10,12H,6-7H2. The van der Waals surface area contributed by atoms with E-state index in [1.54, 1.807) is 24.5 Å². The van der Waals surface area contributed by atoms with Crippen molar-refractivity contribution in [1.82, 2.24) is 4.98 Å². The highest BCUT2D eigenvalue weighted by molar-refractivity contribution is 5.76. The van der Waals surface area contributed by atoms with E-state index in [-0.39, 0.29) is 11.9 Å². The molecule has 1 fully saturated rings. The number of carbonyl (C=O) groups is 1. The summed E-state index contributed by atoms with van der Waals surface area (Å²) in [5.41, 5.74) is 0. The first-order valence-electron chi connectivity index (χ1n) is 5.63. The van der Waals surface area contributed by atoms with Crippen LogP contribution in [-0.2, 0) is 4.79 Å².